The largest absolute Gasteiger partial charge is 0.494 e. The molecular formula is C18H23NO2. The molecule has 0 spiro atoms. The van der Waals surface area contributed by atoms with E-state index in [0.717, 1.165) is 16.9 Å². The van der Waals surface area contributed by atoms with Gasteiger partial charge in [-0.05, 0) is 25.5 Å². The minimum Gasteiger partial charge on any atom is -0.494 e. The Bertz CT molecular complexity index is 552. The quantitative estimate of drug-likeness (QED) is 0.821. The molecule has 0 radical (unpaired) electrons. The van der Waals surface area contributed by atoms with Crippen LogP contribution in [0.3, 0.4) is 0 Å². The number of rotatable bonds is 7. The molecule has 0 aliphatic rings. The number of hydrogen-bond donors (Lipinski definition) is 2. The smallest absolute Gasteiger partial charge is 0.123 e. The van der Waals surface area contributed by atoms with Crippen LogP contribution < -0.4 is 10.1 Å². The van der Waals surface area contributed by atoms with Crippen molar-refractivity contribution in [3.8, 4) is 5.75 Å². The van der Waals surface area contributed by atoms with E-state index < -0.39 is 5.60 Å². The van der Waals surface area contributed by atoms with Crippen LogP contribution in [0.4, 0.5) is 0 Å². The van der Waals surface area contributed by atoms with Crippen molar-refractivity contribution < 1.29 is 9.84 Å². The first-order chi connectivity index (χ1) is 10.1. The van der Waals surface area contributed by atoms with Gasteiger partial charge in [-0.15, -0.1) is 0 Å². The SMILES string of the molecule is CCOc1ccccc1CNCC(C)(O)c1ccccc1. The Morgan fingerprint density at radius 1 is 1.05 bits per heavy atom. The van der Waals surface area contributed by atoms with Gasteiger partial charge in [-0.1, -0.05) is 48.5 Å². The molecule has 2 rings (SSSR count). The van der Waals surface area contributed by atoms with Crippen molar-refractivity contribution in [3.63, 3.8) is 0 Å². The van der Waals surface area contributed by atoms with Gasteiger partial charge in [0.2, 0.25) is 0 Å². The number of nitrogens with one attached hydrogen (secondary N) is 1. The summed E-state index contributed by atoms with van der Waals surface area (Å²) in [6.45, 7) is 5.60. The highest BCUT2D eigenvalue weighted by molar-refractivity contribution is 5.33. The molecule has 0 aromatic heterocycles. The normalized spacial score (nSPS) is 13.7. The standard InChI is InChI=1S/C18H23NO2/c1-3-21-17-12-8-7-9-15(17)13-19-14-18(2,20)16-10-5-4-6-11-16/h4-12,19-20H,3,13-14H2,1-2H3. The van der Waals surface area contributed by atoms with E-state index in [0.29, 0.717) is 19.7 Å². The Hall–Kier alpha value is -1.84. The summed E-state index contributed by atoms with van der Waals surface area (Å²) in [4.78, 5) is 0. The van der Waals surface area contributed by atoms with Gasteiger partial charge in [0.25, 0.3) is 0 Å². The summed E-state index contributed by atoms with van der Waals surface area (Å²) >= 11 is 0. The zero-order chi connectivity index (χ0) is 15.1. The average Bonchev–Trinajstić information content (AvgIpc) is 2.50. The van der Waals surface area contributed by atoms with Crippen LogP contribution in [-0.4, -0.2) is 18.3 Å². The Morgan fingerprint density at radius 2 is 1.71 bits per heavy atom. The van der Waals surface area contributed by atoms with Crippen LogP contribution in [0.15, 0.2) is 54.6 Å². The van der Waals surface area contributed by atoms with E-state index in [1.54, 1.807) is 0 Å². The second-order valence-corrected chi connectivity index (χ2v) is 5.28. The highest BCUT2D eigenvalue weighted by Crippen LogP contribution is 2.21. The second kappa shape index (κ2) is 7.25. The van der Waals surface area contributed by atoms with Crippen LogP contribution in [0, 0.1) is 0 Å². The minimum atomic E-state index is -0.887. The van der Waals surface area contributed by atoms with Crippen LogP contribution in [0.2, 0.25) is 0 Å². The molecule has 0 amide bonds. The third-order valence-electron chi connectivity index (χ3n) is 3.45. The third-order valence-corrected chi connectivity index (χ3v) is 3.45. The molecule has 112 valence electrons. The van der Waals surface area contributed by atoms with Gasteiger partial charge in [0, 0.05) is 18.7 Å². The lowest BCUT2D eigenvalue weighted by Crippen LogP contribution is -2.35. The zero-order valence-electron chi connectivity index (χ0n) is 12.7. The van der Waals surface area contributed by atoms with Crippen molar-refractivity contribution in [1.29, 1.82) is 0 Å². The average molecular weight is 285 g/mol. The predicted molar refractivity (Wildman–Crippen MR) is 85.3 cm³/mol. The Labute approximate surface area is 126 Å². The lowest BCUT2D eigenvalue weighted by atomic mass is 9.96. The molecule has 0 saturated carbocycles. The summed E-state index contributed by atoms with van der Waals surface area (Å²) in [6, 6.07) is 17.7. The summed E-state index contributed by atoms with van der Waals surface area (Å²) in [6.07, 6.45) is 0. The molecule has 0 fully saturated rings. The van der Waals surface area contributed by atoms with Crippen molar-refractivity contribution >= 4 is 0 Å². The Balaban J connectivity index is 1.95. The topological polar surface area (TPSA) is 41.5 Å². The van der Waals surface area contributed by atoms with Gasteiger partial charge < -0.3 is 15.2 Å². The van der Waals surface area contributed by atoms with Crippen LogP contribution in [-0.2, 0) is 12.1 Å². The first-order valence-corrected chi connectivity index (χ1v) is 7.33. The monoisotopic (exact) mass is 285 g/mol. The molecule has 3 heteroatoms. The summed E-state index contributed by atoms with van der Waals surface area (Å²) in [5.74, 6) is 0.895. The van der Waals surface area contributed by atoms with Crippen LogP contribution in [0.25, 0.3) is 0 Å². The maximum absolute atomic E-state index is 10.5. The van der Waals surface area contributed by atoms with E-state index in [-0.39, 0.29) is 0 Å². The van der Waals surface area contributed by atoms with Gasteiger partial charge >= 0.3 is 0 Å². The Kier molecular flexibility index (Phi) is 5.37. The lowest BCUT2D eigenvalue weighted by Gasteiger charge is -2.24. The number of aliphatic hydroxyl groups is 1. The fourth-order valence-corrected chi connectivity index (χ4v) is 2.29. The maximum atomic E-state index is 10.5. The number of para-hydroxylation sites is 1. The first-order valence-electron chi connectivity index (χ1n) is 7.33. The van der Waals surface area contributed by atoms with Crippen molar-refractivity contribution in [3.05, 3.63) is 65.7 Å². The van der Waals surface area contributed by atoms with Gasteiger partial charge in [-0.2, -0.15) is 0 Å². The first kappa shape index (κ1) is 15.5. The summed E-state index contributed by atoms with van der Waals surface area (Å²) in [5, 5.41) is 13.9. The fourth-order valence-electron chi connectivity index (χ4n) is 2.29. The van der Waals surface area contributed by atoms with Crippen LogP contribution >= 0.6 is 0 Å². The van der Waals surface area contributed by atoms with Crippen molar-refractivity contribution in [2.45, 2.75) is 26.0 Å². The van der Waals surface area contributed by atoms with Gasteiger partial charge in [0.15, 0.2) is 0 Å². The highest BCUT2D eigenvalue weighted by Gasteiger charge is 2.22. The van der Waals surface area contributed by atoms with Gasteiger partial charge in [-0.25, -0.2) is 0 Å². The number of ether oxygens (including phenoxy) is 1. The molecule has 2 aromatic carbocycles. The fraction of sp³-hybridized carbons (Fsp3) is 0.333. The number of hydrogen-bond acceptors (Lipinski definition) is 3. The predicted octanol–water partition coefficient (Wildman–Crippen LogP) is 3.08. The summed E-state index contributed by atoms with van der Waals surface area (Å²) in [5.41, 5.74) is 1.13. The van der Waals surface area contributed by atoms with Gasteiger partial charge in [0.1, 0.15) is 5.75 Å². The van der Waals surface area contributed by atoms with E-state index in [2.05, 4.69) is 5.32 Å². The van der Waals surface area contributed by atoms with Gasteiger partial charge in [0.05, 0.1) is 12.2 Å². The zero-order valence-corrected chi connectivity index (χ0v) is 12.7. The van der Waals surface area contributed by atoms with E-state index in [1.165, 1.54) is 0 Å². The molecular weight excluding hydrogens is 262 g/mol. The molecule has 0 heterocycles. The van der Waals surface area contributed by atoms with Crippen molar-refractivity contribution in [2.75, 3.05) is 13.2 Å². The summed E-state index contributed by atoms with van der Waals surface area (Å²) in [7, 11) is 0. The third kappa shape index (κ3) is 4.31. The molecule has 0 bridgehead atoms. The molecule has 0 saturated heterocycles. The molecule has 2 aromatic rings. The van der Waals surface area contributed by atoms with Crippen LogP contribution in [0.5, 0.6) is 5.75 Å². The molecule has 3 nitrogen and oxygen atoms in total. The van der Waals surface area contributed by atoms with Gasteiger partial charge in [-0.3, -0.25) is 0 Å². The molecule has 2 N–H and O–H groups in total. The van der Waals surface area contributed by atoms with E-state index in [4.69, 9.17) is 4.74 Å². The molecule has 0 aliphatic heterocycles. The van der Waals surface area contributed by atoms with E-state index >= 15 is 0 Å². The lowest BCUT2D eigenvalue weighted by molar-refractivity contribution is 0.0566. The molecule has 0 aliphatic carbocycles. The molecule has 1 unspecified atom stereocenters. The Morgan fingerprint density at radius 3 is 2.43 bits per heavy atom. The minimum absolute atomic E-state index is 0.484. The van der Waals surface area contributed by atoms with E-state index in [9.17, 15) is 5.11 Å². The van der Waals surface area contributed by atoms with Crippen molar-refractivity contribution in [2.24, 2.45) is 0 Å². The highest BCUT2D eigenvalue weighted by atomic mass is 16.5. The summed E-state index contributed by atoms with van der Waals surface area (Å²) < 4.78 is 5.60. The second-order valence-electron chi connectivity index (χ2n) is 5.28. The van der Waals surface area contributed by atoms with Crippen molar-refractivity contribution in [1.82, 2.24) is 5.32 Å². The molecule has 21 heavy (non-hydrogen) atoms. The van der Waals surface area contributed by atoms with E-state index in [1.807, 2.05) is 68.4 Å². The molecule has 1 atom stereocenters. The maximum Gasteiger partial charge on any atom is 0.123 e. The number of benzene rings is 2. The van der Waals surface area contributed by atoms with Crippen LogP contribution in [0.1, 0.15) is 25.0 Å².